The van der Waals surface area contributed by atoms with Crippen LogP contribution >= 0.6 is 11.8 Å². The Morgan fingerprint density at radius 1 is 1.40 bits per heavy atom. The molecular weight excluding hydrogens is 206 g/mol. The summed E-state index contributed by atoms with van der Waals surface area (Å²) in [5.41, 5.74) is 6.29. The van der Waals surface area contributed by atoms with Crippen LogP contribution < -0.4 is 11.1 Å². The Morgan fingerprint density at radius 2 is 2.20 bits per heavy atom. The van der Waals surface area contributed by atoms with Gasteiger partial charge in [-0.05, 0) is 42.4 Å². The number of nitrogens with two attached hydrogens (primary N) is 1. The average molecular weight is 223 g/mol. The maximum Gasteiger partial charge on any atom is 0.126 e. The molecule has 1 aromatic heterocycles. The van der Waals surface area contributed by atoms with Crippen LogP contribution in [0.25, 0.3) is 0 Å². The van der Waals surface area contributed by atoms with Crippen LogP contribution in [-0.4, -0.2) is 23.0 Å². The summed E-state index contributed by atoms with van der Waals surface area (Å²) in [6.45, 7) is 1.04. The Bertz CT molecular complexity index is 293. The standard InChI is InChI=1S/C11H17N3S/c12-10-1-2-11(14-8-10)13-7-9-3-5-15-6-4-9/h1-2,8-9H,3-7,12H2,(H,13,14). The first-order valence-electron chi connectivity index (χ1n) is 5.38. The summed E-state index contributed by atoms with van der Waals surface area (Å²) in [5, 5.41) is 3.37. The highest BCUT2D eigenvalue weighted by molar-refractivity contribution is 7.99. The van der Waals surface area contributed by atoms with E-state index in [0.717, 1.165) is 24.0 Å². The van der Waals surface area contributed by atoms with E-state index in [1.807, 2.05) is 12.1 Å². The van der Waals surface area contributed by atoms with E-state index in [4.69, 9.17) is 5.73 Å². The van der Waals surface area contributed by atoms with E-state index in [2.05, 4.69) is 22.1 Å². The van der Waals surface area contributed by atoms with Gasteiger partial charge in [-0.15, -0.1) is 0 Å². The lowest BCUT2D eigenvalue weighted by atomic mass is 10.0. The molecule has 0 aromatic carbocycles. The van der Waals surface area contributed by atoms with Gasteiger partial charge < -0.3 is 11.1 Å². The second-order valence-corrected chi connectivity index (χ2v) is 5.14. The van der Waals surface area contributed by atoms with Gasteiger partial charge in [-0.1, -0.05) is 0 Å². The van der Waals surface area contributed by atoms with Gasteiger partial charge in [0, 0.05) is 6.54 Å². The third-order valence-corrected chi connectivity index (χ3v) is 3.75. The molecule has 0 saturated carbocycles. The Balaban J connectivity index is 1.79. The van der Waals surface area contributed by atoms with E-state index in [0.29, 0.717) is 0 Å². The first kappa shape index (κ1) is 10.6. The summed E-state index contributed by atoms with van der Waals surface area (Å²) in [7, 11) is 0. The van der Waals surface area contributed by atoms with Crippen LogP contribution in [0.15, 0.2) is 18.3 Å². The molecule has 4 heteroatoms. The zero-order valence-corrected chi connectivity index (χ0v) is 9.59. The van der Waals surface area contributed by atoms with Gasteiger partial charge in [0.1, 0.15) is 5.82 Å². The van der Waals surface area contributed by atoms with Crippen LogP contribution in [0, 0.1) is 5.92 Å². The molecule has 82 valence electrons. The SMILES string of the molecule is Nc1ccc(NCC2CCSCC2)nc1. The quantitative estimate of drug-likeness (QED) is 0.825. The molecule has 0 spiro atoms. The molecule has 3 N–H and O–H groups in total. The number of pyridine rings is 1. The molecule has 0 atom stereocenters. The number of anilines is 2. The van der Waals surface area contributed by atoms with E-state index >= 15 is 0 Å². The molecule has 1 aliphatic rings. The average Bonchev–Trinajstić information content (AvgIpc) is 2.30. The van der Waals surface area contributed by atoms with Crippen molar-refractivity contribution >= 4 is 23.3 Å². The second-order valence-electron chi connectivity index (χ2n) is 3.91. The summed E-state index contributed by atoms with van der Waals surface area (Å²) < 4.78 is 0. The van der Waals surface area contributed by atoms with E-state index in [9.17, 15) is 0 Å². The number of nitrogen functional groups attached to an aromatic ring is 1. The zero-order valence-electron chi connectivity index (χ0n) is 8.78. The maximum absolute atomic E-state index is 5.57. The normalized spacial score (nSPS) is 17.6. The molecule has 0 unspecified atom stereocenters. The summed E-state index contributed by atoms with van der Waals surface area (Å²) in [5.74, 6) is 4.36. The minimum absolute atomic E-state index is 0.717. The van der Waals surface area contributed by atoms with Gasteiger partial charge in [0.15, 0.2) is 0 Å². The fourth-order valence-electron chi connectivity index (χ4n) is 1.71. The van der Waals surface area contributed by atoms with Crippen LogP contribution in [-0.2, 0) is 0 Å². The highest BCUT2D eigenvalue weighted by atomic mass is 32.2. The van der Waals surface area contributed by atoms with Gasteiger partial charge in [-0.3, -0.25) is 0 Å². The molecule has 0 radical (unpaired) electrons. The number of hydrogen-bond acceptors (Lipinski definition) is 4. The lowest BCUT2D eigenvalue weighted by Gasteiger charge is -2.21. The third-order valence-electron chi connectivity index (χ3n) is 2.70. The Kier molecular flexibility index (Phi) is 3.72. The summed E-state index contributed by atoms with van der Waals surface area (Å²) in [6.07, 6.45) is 4.35. The van der Waals surface area contributed by atoms with Crippen molar-refractivity contribution in [1.82, 2.24) is 4.98 Å². The number of rotatable bonds is 3. The van der Waals surface area contributed by atoms with Crippen molar-refractivity contribution in [1.29, 1.82) is 0 Å². The highest BCUT2D eigenvalue weighted by Crippen LogP contribution is 2.22. The number of thioether (sulfide) groups is 1. The van der Waals surface area contributed by atoms with Crippen molar-refractivity contribution < 1.29 is 0 Å². The van der Waals surface area contributed by atoms with Gasteiger partial charge in [0.2, 0.25) is 0 Å². The maximum atomic E-state index is 5.57. The summed E-state index contributed by atoms with van der Waals surface area (Å²) in [4.78, 5) is 4.22. The number of nitrogens with zero attached hydrogens (tertiary/aromatic N) is 1. The third kappa shape index (κ3) is 3.30. The molecule has 0 aliphatic carbocycles. The number of aromatic nitrogens is 1. The largest absolute Gasteiger partial charge is 0.397 e. The Morgan fingerprint density at radius 3 is 2.87 bits per heavy atom. The molecule has 1 saturated heterocycles. The topological polar surface area (TPSA) is 50.9 Å². The van der Waals surface area contributed by atoms with Gasteiger partial charge in [-0.2, -0.15) is 11.8 Å². The van der Waals surface area contributed by atoms with Crippen LogP contribution in [0.4, 0.5) is 11.5 Å². The minimum atomic E-state index is 0.717. The van der Waals surface area contributed by atoms with E-state index in [1.165, 1.54) is 24.3 Å². The molecule has 0 amide bonds. The fraction of sp³-hybridized carbons (Fsp3) is 0.545. The molecule has 1 fully saturated rings. The van der Waals surface area contributed by atoms with Crippen molar-refractivity contribution in [3.05, 3.63) is 18.3 Å². The van der Waals surface area contributed by atoms with Crippen molar-refractivity contribution in [2.45, 2.75) is 12.8 Å². The molecule has 15 heavy (non-hydrogen) atoms. The highest BCUT2D eigenvalue weighted by Gasteiger charge is 2.13. The molecule has 2 heterocycles. The van der Waals surface area contributed by atoms with Crippen molar-refractivity contribution in [2.24, 2.45) is 5.92 Å². The van der Waals surface area contributed by atoms with Crippen LogP contribution in [0.2, 0.25) is 0 Å². The first-order valence-corrected chi connectivity index (χ1v) is 6.53. The second kappa shape index (κ2) is 5.26. The van der Waals surface area contributed by atoms with E-state index < -0.39 is 0 Å². The Hall–Kier alpha value is -0.900. The molecule has 2 rings (SSSR count). The van der Waals surface area contributed by atoms with E-state index in [-0.39, 0.29) is 0 Å². The first-order chi connectivity index (χ1) is 7.34. The minimum Gasteiger partial charge on any atom is -0.397 e. The molecule has 3 nitrogen and oxygen atoms in total. The predicted octanol–water partition coefficient (Wildman–Crippen LogP) is 2.22. The summed E-state index contributed by atoms with van der Waals surface area (Å²) >= 11 is 2.06. The molecule has 0 bridgehead atoms. The van der Waals surface area contributed by atoms with Crippen molar-refractivity contribution in [2.75, 3.05) is 29.1 Å². The van der Waals surface area contributed by atoms with Gasteiger partial charge in [-0.25, -0.2) is 4.98 Å². The van der Waals surface area contributed by atoms with Crippen molar-refractivity contribution in [3.63, 3.8) is 0 Å². The number of hydrogen-bond donors (Lipinski definition) is 2. The molecule has 1 aliphatic heterocycles. The van der Waals surface area contributed by atoms with Gasteiger partial charge in [0.05, 0.1) is 11.9 Å². The lowest BCUT2D eigenvalue weighted by Crippen LogP contribution is -2.19. The summed E-state index contributed by atoms with van der Waals surface area (Å²) in [6, 6.07) is 3.82. The predicted molar refractivity (Wildman–Crippen MR) is 67.2 cm³/mol. The van der Waals surface area contributed by atoms with Crippen LogP contribution in [0.3, 0.4) is 0 Å². The van der Waals surface area contributed by atoms with Crippen molar-refractivity contribution in [3.8, 4) is 0 Å². The molecule has 1 aromatic rings. The monoisotopic (exact) mass is 223 g/mol. The fourth-order valence-corrected chi connectivity index (χ4v) is 2.91. The Labute approximate surface area is 94.8 Å². The van der Waals surface area contributed by atoms with Gasteiger partial charge in [0.25, 0.3) is 0 Å². The smallest absolute Gasteiger partial charge is 0.126 e. The number of nitrogens with one attached hydrogen (secondary N) is 1. The van der Waals surface area contributed by atoms with Crippen LogP contribution in [0.5, 0.6) is 0 Å². The lowest BCUT2D eigenvalue weighted by molar-refractivity contribution is 0.515. The van der Waals surface area contributed by atoms with E-state index in [1.54, 1.807) is 6.20 Å². The molecular formula is C11H17N3S. The van der Waals surface area contributed by atoms with Crippen LogP contribution in [0.1, 0.15) is 12.8 Å². The zero-order chi connectivity index (χ0) is 10.5. The van der Waals surface area contributed by atoms with Gasteiger partial charge >= 0.3 is 0 Å².